The lowest BCUT2D eigenvalue weighted by molar-refractivity contribution is 0.0699. The van der Waals surface area contributed by atoms with Gasteiger partial charge in [-0.3, -0.25) is 0 Å². The monoisotopic (exact) mass is 205 g/mol. The van der Waals surface area contributed by atoms with Crippen molar-refractivity contribution < 1.29 is 15.0 Å². The Morgan fingerprint density at radius 2 is 2.13 bits per heavy atom. The lowest BCUT2D eigenvalue weighted by Crippen LogP contribution is -2.01. The smallest absolute Gasteiger partial charge is 0.336 e. The molecule has 0 amide bonds. The van der Waals surface area contributed by atoms with Crippen molar-refractivity contribution in [2.24, 2.45) is 0 Å². The number of aliphatic hydroxyl groups excluding tert-OH is 1. The number of rotatable bonds is 3. The first-order valence-electron chi connectivity index (χ1n) is 4.66. The van der Waals surface area contributed by atoms with E-state index in [1.54, 1.807) is 24.4 Å². The number of benzene rings is 1. The topological polar surface area (TPSA) is 62.5 Å². The van der Waals surface area contributed by atoms with E-state index in [0.29, 0.717) is 17.5 Å². The third kappa shape index (κ3) is 1.59. The lowest BCUT2D eigenvalue weighted by Gasteiger charge is -2.03. The van der Waals surface area contributed by atoms with Crippen LogP contribution in [0.5, 0.6) is 0 Å². The number of aliphatic hydroxyl groups is 1. The summed E-state index contributed by atoms with van der Waals surface area (Å²) in [5.74, 6) is -0.928. The number of aromatic nitrogens is 1. The van der Waals surface area contributed by atoms with Crippen molar-refractivity contribution in [3.63, 3.8) is 0 Å². The van der Waals surface area contributed by atoms with E-state index < -0.39 is 5.97 Å². The van der Waals surface area contributed by atoms with Gasteiger partial charge in [-0.15, -0.1) is 0 Å². The molecule has 0 saturated heterocycles. The Morgan fingerprint density at radius 1 is 1.33 bits per heavy atom. The summed E-state index contributed by atoms with van der Waals surface area (Å²) in [4.78, 5) is 10.9. The van der Waals surface area contributed by atoms with Crippen LogP contribution < -0.4 is 0 Å². The van der Waals surface area contributed by atoms with Crippen LogP contribution in [0, 0.1) is 0 Å². The highest BCUT2D eigenvalue weighted by atomic mass is 16.4. The number of aromatic carboxylic acids is 1. The maximum absolute atomic E-state index is 10.9. The molecule has 0 unspecified atom stereocenters. The fourth-order valence-electron chi connectivity index (χ4n) is 1.71. The molecule has 1 heterocycles. The predicted octanol–water partition coefficient (Wildman–Crippen LogP) is 1.33. The summed E-state index contributed by atoms with van der Waals surface area (Å²) in [6.07, 6.45) is 1.79. The van der Waals surface area contributed by atoms with Crippen LogP contribution in [0.1, 0.15) is 10.4 Å². The van der Waals surface area contributed by atoms with Crippen LogP contribution in [0.25, 0.3) is 10.9 Å². The Labute approximate surface area is 86.4 Å². The van der Waals surface area contributed by atoms with E-state index in [9.17, 15) is 4.79 Å². The van der Waals surface area contributed by atoms with Gasteiger partial charge in [0.2, 0.25) is 0 Å². The van der Waals surface area contributed by atoms with Gasteiger partial charge in [-0.25, -0.2) is 4.79 Å². The molecule has 1 aromatic heterocycles. The van der Waals surface area contributed by atoms with Gasteiger partial charge in [-0.05, 0) is 18.2 Å². The van der Waals surface area contributed by atoms with Crippen LogP contribution in [-0.2, 0) is 6.54 Å². The minimum atomic E-state index is -0.928. The molecule has 0 spiro atoms. The van der Waals surface area contributed by atoms with Crippen LogP contribution in [0.15, 0.2) is 30.5 Å². The Bertz CT molecular complexity index is 502. The van der Waals surface area contributed by atoms with E-state index in [4.69, 9.17) is 10.2 Å². The molecule has 4 nitrogen and oxygen atoms in total. The lowest BCUT2D eigenvalue weighted by atomic mass is 10.1. The van der Waals surface area contributed by atoms with Gasteiger partial charge in [0.05, 0.1) is 12.2 Å². The standard InChI is InChI=1S/C11H11NO3/c13-7-6-12-5-4-8-9(11(14)15)2-1-3-10(8)12/h1-5,13H,6-7H2,(H,14,15). The average molecular weight is 205 g/mol. The van der Waals surface area contributed by atoms with Gasteiger partial charge in [0.25, 0.3) is 0 Å². The molecule has 0 aliphatic carbocycles. The van der Waals surface area contributed by atoms with Crippen LogP contribution in [0.2, 0.25) is 0 Å². The SMILES string of the molecule is O=C(O)c1cccc2c1ccn2CCO. The first-order chi connectivity index (χ1) is 7.24. The van der Waals surface area contributed by atoms with Crippen molar-refractivity contribution in [3.8, 4) is 0 Å². The summed E-state index contributed by atoms with van der Waals surface area (Å²) >= 11 is 0. The van der Waals surface area contributed by atoms with E-state index in [-0.39, 0.29) is 6.61 Å². The van der Waals surface area contributed by atoms with Gasteiger partial charge in [-0.2, -0.15) is 0 Å². The van der Waals surface area contributed by atoms with Gasteiger partial charge in [0, 0.05) is 23.6 Å². The molecule has 0 atom stereocenters. The second kappa shape index (κ2) is 3.74. The number of hydrogen-bond donors (Lipinski definition) is 2. The largest absolute Gasteiger partial charge is 0.478 e. The Morgan fingerprint density at radius 3 is 2.80 bits per heavy atom. The molecule has 0 saturated carbocycles. The molecule has 0 aliphatic heterocycles. The van der Waals surface area contributed by atoms with Crippen molar-refractivity contribution in [3.05, 3.63) is 36.0 Å². The highest BCUT2D eigenvalue weighted by molar-refractivity contribution is 6.02. The highest BCUT2D eigenvalue weighted by Crippen LogP contribution is 2.20. The number of fused-ring (bicyclic) bond motifs is 1. The van der Waals surface area contributed by atoms with Crippen molar-refractivity contribution in [1.82, 2.24) is 4.57 Å². The molecule has 2 rings (SSSR count). The second-order valence-corrected chi connectivity index (χ2v) is 3.28. The average Bonchev–Trinajstić information content (AvgIpc) is 2.62. The number of nitrogens with zero attached hydrogens (tertiary/aromatic N) is 1. The number of carboxylic acid groups (broad SMARTS) is 1. The third-order valence-electron chi connectivity index (χ3n) is 2.38. The molecule has 1 aromatic carbocycles. The zero-order valence-corrected chi connectivity index (χ0v) is 8.05. The number of hydrogen-bond acceptors (Lipinski definition) is 2. The van der Waals surface area contributed by atoms with Gasteiger partial charge >= 0.3 is 5.97 Å². The molecule has 4 heteroatoms. The summed E-state index contributed by atoms with van der Waals surface area (Å²) in [6, 6.07) is 6.89. The summed E-state index contributed by atoms with van der Waals surface area (Å²) < 4.78 is 1.84. The van der Waals surface area contributed by atoms with Crippen LogP contribution in [-0.4, -0.2) is 27.4 Å². The highest BCUT2D eigenvalue weighted by Gasteiger charge is 2.09. The Balaban J connectivity index is 2.63. The van der Waals surface area contributed by atoms with Crippen molar-refractivity contribution in [2.45, 2.75) is 6.54 Å². The molecule has 2 N–H and O–H groups in total. The molecular formula is C11H11NO3. The van der Waals surface area contributed by atoms with Gasteiger partial charge in [0.1, 0.15) is 0 Å². The summed E-state index contributed by atoms with van der Waals surface area (Å²) in [5.41, 5.74) is 1.13. The van der Waals surface area contributed by atoms with Crippen LogP contribution in [0.4, 0.5) is 0 Å². The van der Waals surface area contributed by atoms with Gasteiger partial charge < -0.3 is 14.8 Å². The summed E-state index contributed by atoms with van der Waals surface area (Å²) in [5, 5.41) is 18.5. The molecule has 15 heavy (non-hydrogen) atoms. The van der Waals surface area contributed by atoms with Gasteiger partial charge in [-0.1, -0.05) is 6.07 Å². The van der Waals surface area contributed by atoms with Crippen molar-refractivity contribution in [1.29, 1.82) is 0 Å². The van der Waals surface area contributed by atoms with E-state index in [1.165, 1.54) is 0 Å². The van der Waals surface area contributed by atoms with Crippen molar-refractivity contribution in [2.75, 3.05) is 6.61 Å². The number of carbonyl (C=O) groups is 1. The Hall–Kier alpha value is -1.81. The maximum atomic E-state index is 10.9. The minimum absolute atomic E-state index is 0.0427. The first kappa shape index (κ1) is 9.73. The third-order valence-corrected chi connectivity index (χ3v) is 2.38. The second-order valence-electron chi connectivity index (χ2n) is 3.28. The van der Waals surface area contributed by atoms with E-state index in [2.05, 4.69) is 0 Å². The summed E-state index contributed by atoms with van der Waals surface area (Å²) in [7, 11) is 0. The zero-order valence-electron chi connectivity index (χ0n) is 8.05. The van der Waals surface area contributed by atoms with Gasteiger partial charge in [0.15, 0.2) is 0 Å². The summed E-state index contributed by atoms with van der Waals surface area (Å²) in [6.45, 7) is 0.521. The molecule has 0 bridgehead atoms. The normalized spacial score (nSPS) is 10.7. The van der Waals surface area contributed by atoms with E-state index in [1.807, 2.05) is 10.6 Å². The first-order valence-corrected chi connectivity index (χ1v) is 4.66. The molecule has 0 radical (unpaired) electrons. The molecule has 0 aliphatic rings. The molecular weight excluding hydrogens is 194 g/mol. The fourth-order valence-corrected chi connectivity index (χ4v) is 1.71. The van der Waals surface area contributed by atoms with E-state index >= 15 is 0 Å². The minimum Gasteiger partial charge on any atom is -0.478 e. The number of carboxylic acids is 1. The Kier molecular flexibility index (Phi) is 2.43. The zero-order chi connectivity index (χ0) is 10.8. The maximum Gasteiger partial charge on any atom is 0.336 e. The van der Waals surface area contributed by atoms with Crippen LogP contribution >= 0.6 is 0 Å². The molecule has 2 aromatic rings. The fraction of sp³-hybridized carbons (Fsp3) is 0.182. The predicted molar refractivity (Wildman–Crippen MR) is 56.0 cm³/mol. The quantitative estimate of drug-likeness (QED) is 0.794. The molecule has 0 fully saturated rings. The van der Waals surface area contributed by atoms with Crippen LogP contribution in [0.3, 0.4) is 0 Å². The van der Waals surface area contributed by atoms with E-state index in [0.717, 1.165) is 5.52 Å². The van der Waals surface area contributed by atoms with Crippen molar-refractivity contribution >= 4 is 16.9 Å². The molecule has 78 valence electrons.